The largest absolute Gasteiger partial charge is 0.394 e. The van der Waals surface area contributed by atoms with Crippen LogP contribution in [-0.4, -0.2) is 43.2 Å². The van der Waals surface area contributed by atoms with Gasteiger partial charge in [-0.2, -0.15) is 0 Å². The van der Waals surface area contributed by atoms with Crippen LogP contribution in [0.3, 0.4) is 0 Å². The number of nitrogens with one attached hydrogen (secondary N) is 1. The van der Waals surface area contributed by atoms with Crippen molar-refractivity contribution in [3.8, 4) is 0 Å². The number of benzene rings is 1. The molecule has 0 saturated heterocycles. The molecule has 0 aliphatic heterocycles. The second kappa shape index (κ2) is 6.71. The van der Waals surface area contributed by atoms with Crippen LogP contribution < -0.4 is 5.32 Å². The third-order valence-electron chi connectivity index (χ3n) is 2.81. The van der Waals surface area contributed by atoms with Crippen LogP contribution in [0.5, 0.6) is 0 Å². The fraction of sp³-hybridized carbons (Fsp3) is 0.538. The lowest BCUT2D eigenvalue weighted by Gasteiger charge is -2.30. The minimum atomic E-state index is -0.574. The van der Waals surface area contributed by atoms with Crippen molar-refractivity contribution < 1.29 is 14.9 Å². The van der Waals surface area contributed by atoms with Gasteiger partial charge in [-0.3, -0.25) is 0 Å². The van der Waals surface area contributed by atoms with E-state index in [-0.39, 0.29) is 13.2 Å². The van der Waals surface area contributed by atoms with Gasteiger partial charge in [-0.15, -0.1) is 0 Å². The van der Waals surface area contributed by atoms with Gasteiger partial charge in [0, 0.05) is 13.7 Å². The Hall–Kier alpha value is -0.940. The van der Waals surface area contributed by atoms with Gasteiger partial charge < -0.3 is 20.3 Å². The number of aliphatic hydroxyl groups excluding tert-OH is 2. The maximum atomic E-state index is 9.59. The molecule has 0 aromatic heterocycles. The van der Waals surface area contributed by atoms with Crippen molar-refractivity contribution in [3.05, 3.63) is 35.9 Å². The standard InChI is InChI=1S/C13H21NO3/c1-13(10-15,11-6-4-3-5-7-11)14-8-12(16)9-17-2/h3-7,12,14-16H,8-10H2,1-2H3. The first-order valence-electron chi connectivity index (χ1n) is 5.71. The highest BCUT2D eigenvalue weighted by molar-refractivity contribution is 5.23. The average Bonchev–Trinajstić information content (AvgIpc) is 2.37. The molecule has 2 unspecified atom stereocenters. The lowest BCUT2D eigenvalue weighted by Crippen LogP contribution is -2.46. The van der Waals surface area contributed by atoms with E-state index < -0.39 is 11.6 Å². The third-order valence-corrected chi connectivity index (χ3v) is 2.81. The molecule has 4 heteroatoms. The highest BCUT2D eigenvalue weighted by atomic mass is 16.5. The second-order valence-corrected chi connectivity index (χ2v) is 4.35. The first-order chi connectivity index (χ1) is 8.12. The molecule has 2 atom stereocenters. The van der Waals surface area contributed by atoms with E-state index in [1.807, 2.05) is 37.3 Å². The summed E-state index contributed by atoms with van der Waals surface area (Å²) in [5.74, 6) is 0. The highest BCUT2D eigenvalue weighted by Crippen LogP contribution is 2.19. The van der Waals surface area contributed by atoms with Crippen LogP contribution in [0.15, 0.2) is 30.3 Å². The Morgan fingerprint density at radius 1 is 1.35 bits per heavy atom. The Kier molecular flexibility index (Phi) is 5.58. The Labute approximate surface area is 102 Å². The van der Waals surface area contributed by atoms with Crippen molar-refractivity contribution in [1.29, 1.82) is 0 Å². The smallest absolute Gasteiger partial charge is 0.0897 e. The normalized spacial score (nSPS) is 16.5. The summed E-state index contributed by atoms with van der Waals surface area (Å²) >= 11 is 0. The number of hydrogen-bond acceptors (Lipinski definition) is 4. The van der Waals surface area contributed by atoms with E-state index in [1.165, 1.54) is 0 Å². The molecule has 0 amide bonds. The molecule has 1 rings (SSSR count). The molecular weight excluding hydrogens is 218 g/mol. The van der Waals surface area contributed by atoms with Gasteiger partial charge in [-0.05, 0) is 12.5 Å². The molecular formula is C13H21NO3. The van der Waals surface area contributed by atoms with Gasteiger partial charge in [-0.25, -0.2) is 0 Å². The zero-order valence-electron chi connectivity index (χ0n) is 10.4. The molecule has 0 aliphatic carbocycles. The molecule has 1 aromatic carbocycles. The average molecular weight is 239 g/mol. The topological polar surface area (TPSA) is 61.7 Å². The summed E-state index contributed by atoms with van der Waals surface area (Å²) in [6.07, 6.45) is -0.574. The van der Waals surface area contributed by atoms with Crippen molar-refractivity contribution in [1.82, 2.24) is 5.32 Å². The van der Waals surface area contributed by atoms with E-state index in [0.29, 0.717) is 6.54 Å². The molecule has 0 spiro atoms. The van der Waals surface area contributed by atoms with E-state index in [4.69, 9.17) is 4.74 Å². The van der Waals surface area contributed by atoms with Crippen molar-refractivity contribution in [2.75, 3.05) is 26.9 Å². The molecule has 0 radical (unpaired) electrons. The van der Waals surface area contributed by atoms with Crippen molar-refractivity contribution in [2.24, 2.45) is 0 Å². The van der Waals surface area contributed by atoms with Gasteiger partial charge in [-0.1, -0.05) is 30.3 Å². The summed E-state index contributed by atoms with van der Waals surface area (Å²) < 4.78 is 4.86. The van der Waals surface area contributed by atoms with Crippen LogP contribution in [0.25, 0.3) is 0 Å². The Morgan fingerprint density at radius 2 is 2.00 bits per heavy atom. The summed E-state index contributed by atoms with van der Waals surface area (Å²) in [6.45, 7) is 2.53. The first kappa shape index (κ1) is 14.1. The fourth-order valence-corrected chi connectivity index (χ4v) is 1.65. The number of ether oxygens (including phenoxy) is 1. The predicted octanol–water partition coefficient (Wildman–Crippen LogP) is 0.491. The first-order valence-corrected chi connectivity index (χ1v) is 5.71. The number of aliphatic hydroxyl groups is 2. The summed E-state index contributed by atoms with van der Waals surface area (Å²) in [7, 11) is 1.55. The van der Waals surface area contributed by atoms with Gasteiger partial charge in [0.25, 0.3) is 0 Å². The minimum Gasteiger partial charge on any atom is -0.394 e. The maximum absolute atomic E-state index is 9.59. The monoisotopic (exact) mass is 239 g/mol. The number of methoxy groups -OCH3 is 1. The van der Waals surface area contributed by atoms with Crippen LogP contribution >= 0.6 is 0 Å². The fourth-order valence-electron chi connectivity index (χ4n) is 1.65. The predicted molar refractivity (Wildman–Crippen MR) is 66.8 cm³/mol. The van der Waals surface area contributed by atoms with Crippen molar-refractivity contribution in [2.45, 2.75) is 18.6 Å². The van der Waals surface area contributed by atoms with Crippen LogP contribution in [-0.2, 0) is 10.3 Å². The van der Waals surface area contributed by atoms with Gasteiger partial charge in [0.15, 0.2) is 0 Å². The quantitative estimate of drug-likeness (QED) is 0.648. The molecule has 4 nitrogen and oxygen atoms in total. The Balaban J connectivity index is 2.63. The molecule has 96 valence electrons. The molecule has 1 aromatic rings. The summed E-state index contributed by atoms with van der Waals surface area (Å²) in [4.78, 5) is 0. The lowest BCUT2D eigenvalue weighted by molar-refractivity contribution is 0.0539. The van der Waals surface area contributed by atoms with Gasteiger partial charge in [0.1, 0.15) is 0 Å². The van der Waals surface area contributed by atoms with E-state index in [9.17, 15) is 10.2 Å². The van der Waals surface area contributed by atoms with Crippen LogP contribution in [0.1, 0.15) is 12.5 Å². The Bertz CT molecular complexity index is 318. The van der Waals surface area contributed by atoms with E-state index >= 15 is 0 Å². The molecule has 0 heterocycles. The van der Waals surface area contributed by atoms with Gasteiger partial charge >= 0.3 is 0 Å². The molecule has 0 bridgehead atoms. The SMILES string of the molecule is COCC(O)CNC(C)(CO)c1ccccc1. The van der Waals surface area contributed by atoms with Gasteiger partial charge in [0.2, 0.25) is 0 Å². The van der Waals surface area contributed by atoms with E-state index in [2.05, 4.69) is 5.32 Å². The van der Waals surface area contributed by atoms with Crippen molar-refractivity contribution >= 4 is 0 Å². The minimum absolute atomic E-state index is 0.0310. The van der Waals surface area contributed by atoms with Crippen LogP contribution in [0.2, 0.25) is 0 Å². The number of hydrogen-bond donors (Lipinski definition) is 3. The van der Waals surface area contributed by atoms with Crippen LogP contribution in [0, 0.1) is 0 Å². The zero-order chi connectivity index (χ0) is 12.7. The third kappa shape index (κ3) is 4.09. The van der Waals surface area contributed by atoms with E-state index in [1.54, 1.807) is 7.11 Å². The Morgan fingerprint density at radius 3 is 2.53 bits per heavy atom. The molecule has 3 N–H and O–H groups in total. The summed E-state index contributed by atoms with van der Waals surface area (Å²) in [5, 5.41) is 22.3. The maximum Gasteiger partial charge on any atom is 0.0897 e. The molecule has 0 fully saturated rings. The van der Waals surface area contributed by atoms with Crippen LogP contribution in [0.4, 0.5) is 0 Å². The highest BCUT2D eigenvalue weighted by Gasteiger charge is 2.25. The lowest BCUT2D eigenvalue weighted by atomic mass is 9.93. The zero-order valence-corrected chi connectivity index (χ0v) is 10.4. The molecule has 0 aliphatic rings. The molecule has 0 saturated carbocycles. The number of rotatable bonds is 7. The van der Waals surface area contributed by atoms with Gasteiger partial charge in [0.05, 0.1) is 24.9 Å². The van der Waals surface area contributed by atoms with Crippen molar-refractivity contribution in [3.63, 3.8) is 0 Å². The second-order valence-electron chi connectivity index (χ2n) is 4.35. The summed E-state index contributed by atoms with van der Waals surface area (Å²) in [6, 6.07) is 9.69. The summed E-state index contributed by atoms with van der Waals surface area (Å²) in [5.41, 5.74) is 0.447. The van der Waals surface area contributed by atoms with E-state index in [0.717, 1.165) is 5.56 Å². The molecule has 17 heavy (non-hydrogen) atoms.